The van der Waals surface area contributed by atoms with Gasteiger partial charge in [-0.05, 0) is 44.0 Å². The second-order valence-corrected chi connectivity index (χ2v) is 5.93. The maximum absolute atomic E-state index is 11.6. The Balaban J connectivity index is 3.13. The third-order valence-corrected chi connectivity index (χ3v) is 4.41. The summed E-state index contributed by atoms with van der Waals surface area (Å²) in [6.07, 6.45) is 0. The molecule has 1 rings (SSSR count). The van der Waals surface area contributed by atoms with Crippen LogP contribution < -0.4 is 4.31 Å². The van der Waals surface area contributed by atoms with Crippen LogP contribution in [0.2, 0.25) is 0 Å². The van der Waals surface area contributed by atoms with Gasteiger partial charge in [-0.25, -0.2) is 8.42 Å². The van der Waals surface area contributed by atoms with Crippen LogP contribution in [0, 0.1) is 13.8 Å². The van der Waals surface area contributed by atoms with Crippen molar-refractivity contribution in [3.63, 3.8) is 0 Å². The zero-order chi connectivity index (χ0) is 11.6. The first-order valence-corrected chi connectivity index (χ1v) is 6.53. The Labute approximate surface area is 91.8 Å². The first kappa shape index (κ1) is 12.0. The lowest BCUT2D eigenvalue weighted by molar-refractivity contribution is 0.595. The van der Waals surface area contributed by atoms with Gasteiger partial charge >= 0.3 is 0 Å². The van der Waals surface area contributed by atoms with E-state index in [1.54, 1.807) is 14.0 Å². The molecule has 0 aromatic heterocycles. The Morgan fingerprint density at radius 2 is 1.80 bits per heavy atom. The van der Waals surface area contributed by atoms with Crippen LogP contribution in [-0.4, -0.2) is 21.2 Å². The van der Waals surface area contributed by atoms with Crippen LogP contribution in [0.3, 0.4) is 0 Å². The fourth-order valence-electron chi connectivity index (χ4n) is 1.28. The summed E-state index contributed by atoms with van der Waals surface area (Å²) in [6, 6.07) is 5.66. The molecule has 84 valence electrons. The van der Waals surface area contributed by atoms with Gasteiger partial charge in [-0.1, -0.05) is 6.07 Å². The highest BCUT2D eigenvalue weighted by atomic mass is 32.2. The molecule has 0 saturated heterocycles. The number of anilines is 1. The van der Waals surface area contributed by atoms with Crippen molar-refractivity contribution in [1.82, 2.24) is 0 Å². The minimum absolute atomic E-state index is 0.121. The van der Waals surface area contributed by atoms with E-state index in [2.05, 4.69) is 0 Å². The number of rotatable bonds is 3. The molecular weight excluding hydrogens is 210 g/mol. The zero-order valence-corrected chi connectivity index (χ0v) is 10.4. The van der Waals surface area contributed by atoms with E-state index in [-0.39, 0.29) is 5.75 Å². The summed E-state index contributed by atoms with van der Waals surface area (Å²) in [6.45, 7) is 5.63. The second kappa shape index (κ2) is 4.23. The van der Waals surface area contributed by atoms with Gasteiger partial charge in [0.15, 0.2) is 0 Å². The summed E-state index contributed by atoms with van der Waals surface area (Å²) < 4.78 is 24.6. The highest BCUT2D eigenvalue weighted by Gasteiger charge is 2.15. The molecule has 3 nitrogen and oxygen atoms in total. The van der Waals surface area contributed by atoms with Gasteiger partial charge in [0.05, 0.1) is 11.4 Å². The van der Waals surface area contributed by atoms with Crippen molar-refractivity contribution < 1.29 is 8.42 Å². The normalized spacial score (nSPS) is 11.5. The van der Waals surface area contributed by atoms with E-state index in [1.165, 1.54) is 9.87 Å². The Bertz CT molecular complexity index is 452. The smallest absolute Gasteiger partial charge is 0.234 e. The fourth-order valence-corrected chi connectivity index (χ4v) is 2.10. The van der Waals surface area contributed by atoms with Crippen LogP contribution in [0.5, 0.6) is 0 Å². The first-order chi connectivity index (χ1) is 6.88. The number of sulfonamides is 1. The molecule has 15 heavy (non-hydrogen) atoms. The summed E-state index contributed by atoms with van der Waals surface area (Å²) in [5.74, 6) is 0.121. The predicted octanol–water partition coefficient (Wildman–Crippen LogP) is 2.09. The Morgan fingerprint density at radius 3 is 2.27 bits per heavy atom. The molecule has 0 unspecified atom stereocenters. The molecule has 1 aromatic rings. The molecule has 0 fully saturated rings. The number of hydrogen-bond donors (Lipinski definition) is 0. The third kappa shape index (κ3) is 2.50. The fraction of sp³-hybridized carbons (Fsp3) is 0.455. The summed E-state index contributed by atoms with van der Waals surface area (Å²) in [4.78, 5) is 0. The molecule has 0 spiro atoms. The van der Waals surface area contributed by atoms with Gasteiger partial charge in [-0.3, -0.25) is 4.31 Å². The van der Waals surface area contributed by atoms with Gasteiger partial charge in [-0.15, -0.1) is 0 Å². The molecule has 1 aromatic carbocycles. The van der Waals surface area contributed by atoms with Crippen molar-refractivity contribution in [3.8, 4) is 0 Å². The van der Waals surface area contributed by atoms with Crippen molar-refractivity contribution in [2.24, 2.45) is 0 Å². The van der Waals surface area contributed by atoms with Crippen molar-refractivity contribution >= 4 is 15.7 Å². The topological polar surface area (TPSA) is 37.4 Å². The number of nitrogens with zero attached hydrogens (tertiary/aromatic N) is 1. The van der Waals surface area contributed by atoms with Crippen LogP contribution in [-0.2, 0) is 10.0 Å². The highest BCUT2D eigenvalue weighted by molar-refractivity contribution is 7.92. The molecule has 0 aliphatic heterocycles. The number of hydrogen-bond acceptors (Lipinski definition) is 2. The van der Waals surface area contributed by atoms with Crippen LogP contribution in [0.15, 0.2) is 18.2 Å². The molecule has 0 aliphatic rings. The summed E-state index contributed by atoms with van der Waals surface area (Å²) in [5, 5.41) is 0. The molecule has 0 bridgehead atoms. The van der Waals surface area contributed by atoms with Crippen LogP contribution >= 0.6 is 0 Å². The SMILES string of the molecule is CCS(=O)(=O)N(C)c1ccc(C)c(C)c1. The maximum atomic E-state index is 11.6. The van der Waals surface area contributed by atoms with E-state index < -0.39 is 10.0 Å². The van der Waals surface area contributed by atoms with Crippen LogP contribution in [0.25, 0.3) is 0 Å². The lowest BCUT2D eigenvalue weighted by Gasteiger charge is -2.19. The first-order valence-electron chi connectivity index (χ1n) is 4.92. The van der Waals surface area contributed by atoms with E-state index in [0.29, 0.717) is 0 Å². The molecule has 0 amide bonds. The average molecular weight is 227 g/mol. The Hall–Kier alpha value is -1.03. The van der Waals surface area contributed by atoms with E-state index >= 15 is 0 Å². The quantitative estimate of drug-likeness (QED) is 0.793. The van der Waals surface area contributed by atoms with E-state index in [9.17, 15) is 8.42 Å². The maximum Gasteiger partial charge on any atom is 0.234 e. The molecule has 0 heterocycles. The summed E-state index contributed by atoms with van der Waals surface area (Å²) in [5.41, 5.74) is 2.99. The minimum atomic E-state index is -3.15. The number of aryl methyl sites for hydroxylation is 2. The molecule has 0 aliphatic carbocycles. The molecule has 4 heteroatoms. The lowest BCUT2D eigenvalue weighted by atomic mass is 10.1. The highest BCUT2D eigenvalue weighted by Crippen LogP contribution is 2.20. The minimum Gasteiger partial charge on any atom is -0.273 e. The lowest BCUT2D eigenvalue weighted by Crippen LogP contribution is -2.27. The van der Waals surface area contributed by atoms with Gasteiger partial charge in [0.25, 0.3) is 0 Å². The second-order valence-electron chi connectivity index (χ2n) is 3.64. The van der Waals surface area contributed by atoms with Gasteiger partial charge in [0.1, 0.15) is 0 Å². The summed E-state index contributed by atoms with van der Waals surface area (Å²) in [7, 11) is -1.56. The predicted molar refractivity (Wildman–Crippen MR) is 63.8 cm³/mol. The van der Waals surface area contributed by atoms with Crippen LogP contribution in [0.4, 0.5) is 5.69 Å². The largest absolute Gasteiger partial charge is 0.273 e. The van der Waals surface area contributed by atoms with Crippen molar-refractivity contribution in [2.45, 2.75) is 20.8 Å². The monoisotopic (exact) mass is 227 g/mol. The van der Waals surface area contributed by atoms with Gasteiger partial charge in [-0.2, -0.15) is 0 Å². The van der Waals surface area contributed by atoms with Gasteiger partial charge in [0, 0.05) is 7.05 Å². The molecule has 0 saturated carbocycles. The molecule has 0 N–H and O–H groups in total. The summed E-state index contributed by atoms with van der Waals surface area (Å²) >= 11 is 0. The Morgan fingerprint density at radius 1 is 1.20 bits per heavy atom. The van der Waals surface area contributed by atoms with Crippen molar-refractivity contribution in [2.75, 3.05) is 17.1 Å². The molecule has 0 radical (unpaired) electrons. The molecular formula is C11H17NO2S. The standard InChI is InChI=1S/C11H17NO2S/c1-5-15(13,14)12(4)11-7-6-9(2)10(3)8-11/h6-8H,5H2,1-4H3. The van der Waals surface area contributed by atoms with E-state index in [0.717, 1.165) is 11.3 Å². The van der Waals surface area contributed by atoms with Crippen molar-refractivity contribution in [1.29, 1.82) is 0 Å². The molecule has 0 atom stereocenters. The zero-order valence-electron chi connectivity index (χ0n) is 9.61. The van der Waals surface area contributed by atoms with Gasteiger partial charge in [0.2, 0.25) is 10.0 Å². The number of benzene rings is 1. The van der Waals surface area contributed by atoms with Crippen molar-refractivity contribution in [3.05, 3.63) is 29.3 Å². The van der Waals surface area contributed by atoms with Gasteiger partial charge < -0.3 is 0 Å². The van der Waals surface area contributed by atoms with E-state index in [4.69, 9.17) is 0 Å². The van der Waals surface area contributed by atoms with E-state index in [1.807, 2.05) is 32.0 Å². The van der Waals surface area contributed by atoms with Crippen LogP contribution in [0.1, 0.15) is 18.1 Å². The average Bonchev–Trinajstić information content (AvgIpc) is 2.21. The third-order valence-electron chi connectivity index (χ3n) is 2.64. The Kier molecular flexibility index (Phi) is 3.39.